The predicted octanol–water partition coefficient (Wildman–Crippen LogP) is 8.19. The van der Waals surface area contributed by atoms with Crippen LogP contribution in [-0.4, -0.2) is 0 Å². The minimum atomic E-state index is 1.06. The third-order valence-electron chi connectivity index (χ3n) is 8.45. The average Bonchev–Trinajstić information content (AvgIpc) is 3.54. The Morgan fingerprint density at radius 3 is 1.52 bits per heavy atom. The molecule has 0 atom stereocenters. The molecule has 0 bridgehead atoms. The van der Waals surface area contributed by atoms with Crippen molar-refractivity contribution in [3.05, 3.63) is 118 Å². The average molecular weight is 417 g/mol. The van der Waals surface area contributed by atoms with Gasteiger partial charge in [-0.3, -0.25) is 0 Å². The van der Waals surface area contributed by atoms with E-state index in [9.17, 15) is 0 Å². The van der Waals surface area contributed by atoms with E-state index in [1.807, 2.05) is 0 Å². The molecule has 3 aliphatic carbocycles. The summed E-state index contributed by atoms with van der Waals surface area (Å²) in [4.78, 5) is 0. The molecule has 0 saturated carbocycles. The van der Waals surface area contributed by atoms with Gasteiger partial charge in [-0.05, 0) is 113 Å². The number of rotatable bonds is 2. The first-order valence-corrected chi connectivity index (χ1v) is 12.0. The van der Waals surface area contributed by atoms with E-state index in [2.05, 4.69) is 84.9 Å². The fraction of sp³-hybridized carbons (Fsp3) is 0.0909. The van der Waals surface area contributed by atoms with Gasteiger partial charge < -0.3 is 0 Å². The molecule has 0 aromatic heterocycles. The van der Waals surface area contributed by atoms with E-state index in [1.165, 1.54) is 50.1 Å². The Labute approximate surface area is 192 Å². The molecule has 0 unspecified atom stereocenters. The smallest absolute Gasteiger partial charge is 0.000682 e. The van der Waals surface area contributed by atoms with Crippen molar-refractivity contribution in [2.45, 2.75) is 19.3 Å². The summed E-state index contributed by atoms with van der Waals surface area (Å²) in [5.41, 5.74) is 14.5. The van der Waals surface area contributed by atoms with Gasteiger partial charge in [0.05, 0.1) is 0 Å². The monoisotopic (exact) mass is 416 g/mol. The molecule has 0 aliphatic heterocycles. The Kier molecular flexibility index (Phi) is 2.80. The first kappa shape index (κ1) is 16.7. The molecular formula is C33H20. The van der Waals surface area contributed by atoms with Gasteiger partial charge in [0, 0.05) is 0 Å². The maximum atomic E-state index is 2.52. The topological polar surface area (TPSA) is 0 Å². The molecule has 0 N–H and O–H groups in total. The van der Waals surface area contributed by atoms with Crippen LogP contribution in [0, 0.1) is 0 Å². The first-order chi connectivity index (χ1) is 16.3. The van der Waals surface area contributed by atoms with E-state index in [1.54, 1.807) is 37.9 Å². The molecule has 33 heavy (non-hydrogen) atoms. The van der Waals surface area contributed by atoms with Crippen molar-refractivity contribution < 1.29 is 0 Å². The summed E-state index contributed by atoms with van der Waals surface area (Å²) in [5, 5.41) is 9.38. The Balaban J connectivity index is 1.36. The van der Waals surface area contributed by atoms with Gasteiger partial charge in [-0.1, -0.05) is 78.9 Å². The lowest BCUT2D eigenvalue weighted by Gasteiger charge is -2.13. The number of benzene rings is 6. The zero-order valence-corrected chi connectivity index (χ0v) is 18.2. The van der Waals surface area contributed by atoms with E-state index >= 15 is 0 Å². The third-order valence-corrected chi connectivity index (χ3v) is 8.45. The SMILES string of the molecule is c1ccc(-c2ccc(-c3cc4c5c6c(ccc7c6c6c(ccc8c6c5c3C8)C7)C4)cc2)cc1. The summed E-state index contributed by atoms with van der Waals surface area (Å²) >= 11 is 0. The molecule has 152 valence electrons. The molecule has 6 aromatic rings. The van der Waals surface area contributed by atoms with Crippen LogP contribution in [0.3, 0.4) is 0 Å². The van der Waals surface area contributed by atoms with E-state index in [-0.39, 0.29) is 0 Å². The Bertz CT molecular complexity index is 1820. The molecule has 0 fully saturated rings. The van der Waals surface area contributed by atoms with Crippen LogP contribution in [0.5, 0.6) is 0 Å². The molecule has 0 nitrogen and oxygen atoms in total. The molecule has 3 aliphatic rings. The summed E-state index contributed by atoms with van der Waals surface area (Å²) in [6.07, 6.45) is 3.22. The summed E-state index contributed by atoms with van der Waals surface area (Å²) in [6.45, 7) is 0. The normalized spacial score (nSPS) is 14.3. The highest BCUT2D eigenvalue weighted by Crippen LogP contribution is 2.54. The quantitative estimate of drug-likeness (QED) is 0.249. The van der Waals surface area contributed by atoms with Crippen LogP contribution in [0.1, 0.15) is 33.4 Å². The van der Waals surface area contributed by atoms with Crippen LogP contribution in [0.4, 0.5) is 0 Å². The number of hydrogen-bond donors (Lipinski definition) is 0. The van der Waals surface area contributed by atoms with Crippen molar-refractivity contribution in [3.63, 3.8) is 0 Å². The lowest BCUT2D eigenvalue weighted by atomic mass is 9.90. The second-order valence-electron chi connectivity index (χ2n) is 10.1. The second kappa shape index (κ2) is 5.53. The highest BCUT2D eigenvalue weighted by atomic mass is 14.4. The largest absolute Gasteiger partial charge is 0.0622 e. The van der Waals surface area contributed by atoms with Gasteiger partial charge in [-0.2, -0.15) is 0 Å². The predicted molar refractivity (Wildman–Crippen MR) is 138 cm³/mol. The van der Waals surface area contributed by atoms with E-state index in [0.717, 1.165) is 19.3 Å². The highest BCUT2D eigenvalue weighted by molar-refractivity contribution is 6.33. The molecule has 6 aromatic carbocycles. The van der Waals surface area contributed by atoms with E-state index in [4.69, 9.17) is 0 Å². The standard InChI is InChI=1S/C33H20/c1-2-4-18(5-3-1)19-6-8-20(9-7-19)26-17-25-15-23-11-10-21-14-22-12-13-24-16-27(26)33-31(24)29(22)28(21)30(23)32(25)33/h1-13,17H,14-16H2. The lowest BCUT2D eigenvalue weighted by Crippen LogP contribution is -1.91. The van der Waals surface area contributed by atoms with E-state index in [0.29, 0.717) is 0 Å². The van der Waals surface area contributed by atoms with Gasteiger partial charge in [0.15, 0.2) is 0 Å². The maximum absolute atomic E-state index is 2.52. The number of hydrogen-bond acceptors (Lipinski definition) is 0. The van der Waals surface area contributed by atoms with E-state index < -0.39 is 0 Å². The van der Waals surface area contributed by atoms with Crippen molar-refractivity contribution in [1.82, 2.24) is 0 Å². The van der Waals surface area contributed by atoms with Crippen LogP contribution in [-0.2, 0) is 19.3 Å². The fourth-order valence-corrected chi connectivity index (χ4v) is 7.10. The minimum Gasteiger partial charge on any atom is -0.0622 e. The Morgan fingerprint density at radius 1 is 0.364 bits per heavy atom. The zero-order chi connectivity index (χ0) is 21.3. The van der Waals surface area contributed by atoms with Crippen LogP contribution in [0.2, 0.25) is 0 Å². The summed E-state index contributed by atoms with van der Waals surface area (Å²) in [5.74, 6) is 0. The van der Waals surface area contributed by atoms with Gasteiger partial charge in [0.25, 0.3) is 0 Å². The first-order valence-electron chi connectivity index (χ1n) is 12.0. The maximum Gasteiger partial charge on any atom is -0.000682 e. The molecular weight excluding hydrogens is 396 g/mol. The van der Waals surface area contributed by atoms with Crippen molar-refractivity contribution in [2.75, 3.05) is 0 Å². The molecule has 0 spiro atoms. The lowest BCUT2D eigenvalue weighted by molar-refractivity contribution is 1.24. The van der Waals surface area contributed by atoms with Gasteiger partial charge in [0.1, 0.15) is 0 Å². The van der Waals surface area contributed by atoms with Crippen LogP contribution in [0.25, 0.3) is 54.6 Å². The molecule has 0 saturated heterocycles. The van der Waals surface area contributed by atoms with Crippen LogP contribution < -0.4 is 0 Å². The highest BCUT2D eigenvalue weighted by Gasteiger charge is 2.32. The van der Waals surface area contributed by atoms with Gasteiger partial charge >= 0.3 is 0 Å². The van der Waals surface area contributed by atoms with Gasteiger partial charge in [0.2, 0.25) is 0 Å². The Hall–Kier alpha value is -3.90. The molecule has 0 heteroatoms. The van der Waals surface area contributed by atoms with Crippen LogP contribution in [0.15, 0.2) is 84.9 Å². The fourth-order valence-electron chi connectivity index (χ4n) is 7.10. The van der Waals surface area contributed by atoms with Crippen molar-refractivity contribution in [1.29, 1.82) is 0 Å². The van der Waals surface area contributed by atoms with Crippen molar-refractivity contribution >= 4 is 32.3 Å². The summed E-state index contributed by atoms with van der Waals surface area (Å²) in [6, 6.07) is 32.1. The second-order valence-corrected chi connectivity index (χ2v) is 10.1. The molecule has 0 heterocycles. The zero-order valence-electron chi connectivity index (χ0n) is 18.2. The Morgan fingerprint density at radius 2 is 0.848 bits per heavy atom. The van der Waals surface area contributed by atoms with Crippen LogP contribution >= 0.6 is 0 Å². The molecule has 9 rings (SSSR count). The third kappa shape index (κ3) is 1.91. The summed E-state index contributed by atoms with van der Waals surface area (Å²) < 4.78 is 0. The summed E-state index contributed by atoms with van der Waals surface area (Å²) in [7, 11) is 0. The van der Waals surface area contributed by atoms with Crippen molar-refractivity contribution in [3.8, 4) is 22.3 Å². The molecule has 0 amide bonds. The van der Waals surface area contributed by atoms with Crippen molar-refractivity contribution in [2.24, 2.45) is 0 Å². The van der Waals surface area contributed by atoms with Gasteiger partial charge in [-0.25, -0.2) is 0 Å². The molecule has 0 radical (unpaired) electrons. The van der Waals surface area contributed by atoms with Gasteiger partial charge in [-0.15, -0.1) is 0 Å². The minimum absolute atomic E-state index is 1.06.